The highest BCUT2D eigenvalue weighted by Crippen LogP contribution is 2.52. The molecule has 0 radical (unpaired) electrons. The lowest BCUT2D eigenvalue weighted by atomic mass is 9.78. The fraction of sp³-hybridized carbons (Fsp3) is 0.583. The Labute approximate surface area is 88.7 Å². The fourth-order valence-corrected chi connectivity index (χ4v) is 3.15. The number of rotatable bonds is 1. The van der Waals surface area contributed by atoms with Gasteiger partial charge in [-0.05, 0) is 31.6 Å². The molecule has 15 heavy (non-hydrogen) atoms. The first-order valence-corrected chi connectivity index (χ1v) is 5.38. The third-order valence-corrected chi connectivity index (χ3v) is 4.04. The van der Waals surface area contributed by atoms with Crippen LogP contribution in [0.5, 0.6) is 0 Å². The van der Waals surface area contributed by atoms with Gasteiger partial charge in [0.05, 0.1) is 0 Å². The SMILES string of the molecule is C=C1OC(=O)O[C@@]1(C)[C@@H]1C[C@H]2C=C[C@H]1C2. The molecule has 1 aliphatic heterocycles. The largest absolute Gasteiger partial charge is 0.514 e. The van der Waals surface area contributed by atoms with E-state index in [1.54, 1.807) is 0 Å². The van der Waals surface area contributed by atoms with Crippen LogP contribution in [-0.2, 0) is 9.47 Å². The summed E-state index contributed by atoms with van der Waals surface area (Å²) in [5, 5.41) is 0. The topological polar surface area (TPSA) is 35.5 Å². The van der Waals surface area contributed by atoms with Crippen LogP contribution in [0.1, 0.15) is 19.8 Å². The highest BCUT2D eigenvalue weighted by atomic mass is 16.8. The number of hydrogen-bond donors (Lipinski definition) is 0. The number of carbonyl (C=O) groups excluding carboxylic acids is 1. The molecule has 0 aromatic rings. The molecule has 3 heteroatoms. The molecule has 3 nitrogen and oxygen atoms in total. The van der Waals surface area contributed by atoms with Gasteiger partial charge in [-0.15, -0.1) is 0 Å². The van der Waals surface area contributed by atoms with E-state index < -0.39 is 11.8 Å². The molecule has 0 aromatic carbocycles. The van der Waals surface area contributed by atoms with E-state index in [9.17, 15) is 4.79 Å². The average molecular weight is 206 g/mol. The van der Waals surface area contributed by atoms with Gasteiger partial charge in [0.25, 0.3) is 0 Å². The number of hydrogen-bond acceptors (Lipinski definition) is 3. The van der Waals surface area contributed by atoms with E-state index in [-0.39, 0.29) is 0 Å². The Morgan fingerprint density at radius 2 is 2.27 bits per heavy atom. The van der Waals surface area contributed by atoms with Crippen LogP contribution in [0.2, 0.25) is 0 Å². The Bertz CT molecular complexity index is 371. The van der Waals surface area contributed by atoms with Gasteiger partial charge in [-0.3, -0.25) is 0 Å². The van der Waals surface area contributed by atoms with Gasteiger partial charge in [0.1, 0.15) is 5.76 Å². The van der Waals surface area contributed by atoms with Crippen molar-refractivity contribution in [3.8, 4) is 0 Å². The minimum Gasteiger partial charge on any atom is -0.419 e. The third-order valence-electron chi connectivity index (χ3n) is 4.04. The molecule has 1 saturated heterocycles. The van der Waals surface area contributed by atoms with Gasteiger partial charge >= 0.3 is 6.16 Å². The molecule has 3 aliphatic rings. The van der Waals surface area contributed by atoms with Crippen LogP contribution < -0.4 is 0 Å². The second-order valence-electron chi connectivity index (χ2n) is 4.87. The average Bonchev–Trinajstić information content (AvgIpc) is 2.82. The molecule has 3 rings (SSSR count). The minimum absolute atomic E-state index is 0.339. The Hall–Kier alpha value is -1.25. The summed E-state index contributed by atoms with van der Waals surface area (Å²) in [6, 6.07) is 0. The van der Waals surface area contributed by atoms with Crippen LogP contribution in [-0.4, -0.2) is 11.8 Å². The number of carbonyl (C=O) groups is 1. The quantitative estimate of drug-likeness (QED) is 0.488. The monoisotopic (exact) mass is 206 g/mol. The van der Waals surface area contributed by atoms with Crippen LogP contribution in [0.4, 0.5) is 4.79 Å². The lowest BCUT2D eigenvalue weighted by Crippen LogP contribution is -2.38. The standard InChI is InChI=1S/C12H14O3/c1-7-12(2,15-11(13)14-7)10-6-8-3-4-9(10)5-8/h3-4,8-10H,1,5-6H2,2H3/t8-,9-,10+,12+/m0/s1. The van der Waals surface area contributed by atoms with Crippen molar-refractivity contribution >= 4 is 6.16 Å². The molecule has 0 amide bonds. The van der Waals surface area contributed by atoms with Crippen molar-refractivity contribution in [1.29, 1.82) is 0 Å². The molecule has 2 aliphatic carbocycles. The zero-order chi connectivity index (χ0) is 10.6. The van der Waals surface area contributed by atoms with Gasteiger partial charge in [0.15, 0.2) is 5.60 Å². The molecule has 80 valence electrons. The van der Waals surface area contributed by atoms with Crippen molar-refractivity contribution in [3.05, 3.63) is 24.5 Å². The lowest BCUT2D eigenvalue weighted by Gasteiger charge is -2.32. The first kappa shape index (κ1) is 9.01. The van der Waals surface area contributed by atoms with E-state index in [1.807, 2.05) is 6.92 Å². The van der Waals surface area contributed by atoms with Gasteiger partial charge in [-0.1, -0.05) is 18.7 Å². The van der Waals surface area contributed by atoms with Gasteiger partial charge in [-0.2, -0.15) is 0 Å². The summed E-state index contributed by atoms with van der Waals surface area (Å²) in [4.78, 5) is 11.1. The molecule has 2 fully saturated rings. The van der Waals surface area contributed by atoms with E-state index in [0.29, 0.717) is 23.5 Å². The maximum Gasteiger partial charge on any atom is 0.514 e. The summed E-state index contributed by atoms with van der Waals surface area (Å²) >= 11 is 0. The fourth-order valence-electron chi connectivity index (χ4n) is 3.15. The molecule has 1 saturated carbocycles. The second-order valence-corrected chi connectivity index (χ2v) is 4.87. The first-order valence-electron chi connectivity index (χ1n) is 5.38. The molecule has 1 heterocycles. The van der Waals surface area contributed by atoms with Crippen molar-refractivity contribution < 1.29 is 14.3 Å². The molecule has 0 spiro atoms. The summed E-state index contributed by atoms with van der Waals surface area (Å²) in [6.07, 6.45) is 6.17. The van der Waals surface area contributed by atoms with Gasteiger partial charge in [-0.25, -0.2) is 4.79 Å². The summed E-state index contributed by atoms with van der Waals surface area (Å²) < 4.78 is 10.2. The van der Waals surface area contributed by atoms with Crippen LogP contribution in [0.15, 0.2) is 24.5 Å². The normalized spacial score (nSPS) is 47.1. The minimum atomic E-state index is -0.610. The molecular formula is C12H14O3. The summed E-state index contributed by atoms with van der Waals surface area (Å²) in [6.45, 7) is 5.71. The summed E-state index contributed by atoms with van der Waals surface area (Å²) in [5.74, 6) is 1.99. The predicted octanol–water partition coefficient (Wildman–Crippen LogP) is 2.64. The molecule has 2 bridgehead atoms. The van der Waals surface area contributed by atoms with Crippen LogP contribution in [0.3, 0.4) is 0 Å². The number of cyclic esters (lactones) is 2. The van der Waals surface area contributed by atoms with Crippen LogP contribution in [0.25, 0.3) is 0 Å². The Morgan fingerprint density at radius 1 is 1.47 bits per heavy atom. The molecule has 0 N–H and O–H groups in total. The van der Waals surface area contributed by atoms with E-state index in [1.165, 1.54) is 6.42 Å². The number of allylic oxidation sites excluding steroid dienone is 2. The zero-order valence-electron chi connectivity index (χ0n) is 8.73. The first-order chi connectivity index (χ1) is 7.09. The maximum absolute atomic E-state index is 11.1. The highest BCUT2D eigenvalue weighted by molar-refractivity contribution is 5.66. The van der Waals surface area contributed by atoms with Gasteiger partial charge in [0, 0.05) is 5.92 Å². The van der Waals surface area contributed by atoms with Crippen LogP contribution in [0, 0.1) is 17.8 Å². The van der Waals surface area contributed by atoms with Crippen LogP contribution >= 0.6 is 0 Å². The maximum atomic E-state index is 11.1. The Balaban J connectivity index is 1.91. The van der Waals surface area contributed by atoms with E-state index in [0.717, 1.165) is 6.42 Å². The van der Waals surface area contributed by atoms with Crippen molar-refractivity contribution in [1.82, 2.24) is 0 Å². The van der Waals surface area contributed by atoms with E-state index in [4.69, 9.17) is 9.47 Å². The van der Waals surface area contributed by atoms with E-state index in [2.05, 4.69) is 18.7 Å². The second kappa shape index (κ2) is 2.65. The highest BCUT2D eigenvalue weighted by Gasteiger charge is 2.54. The van der Waals surface area contributed by atoms with Crippen molar-refractivity contribution in [3.63, 3.8) is 0 Å². The van der Waals surface area contributed by atoms with Crippen molar-refractivity contribution in [2.24, 2.45) is 17.8 Å². The van der Waals surface area contributed by atoms with E-state index >= 15 is 0 Å². The summed E-state index contributed by atoms with van der Waals surface area (Å²) in [5.41, 5.74) is -0.610. The smallest absolute Gasteiger partial charge is 0.419 e. The molecular weight excluding hydrogens is 192 g/mol. The number of fused-ring (bicyclic) bond motifs is 2. The predicted molar refractivity (Wildman–Crippen MR) is 54.0 cm³/mol. The Morgan fingerprint density at radius 3 is 2.73 bits per heavy atom. The lowest BCUT2D eigenvalue weighted by molar-refractivity contribution is 0.0257. The van der Waals surface area contributed by atoms with Crippen molar-refractivity contribution in [2.75, 3.05) is 0 Å². The third kappa shape index (κ3) is 1.09. The molecule has 4 atom stereocenters. The molecule has 0 aromatic heterocycles. The van der Waals surface area contributed by atoms with Gasteiger partial charge in [0.2, 0.25) is 0 Å². The zero-order valence-corrected chi connectivity index (χ0v) is 8.73. The van der Waals surface area contributed by atoms with Crippen molar-refractivity contribution in [2.45, 2.75) is 25.4 Å². The number of ether oxygens (including phenoxy) is 2. The molecule has 0 unspecified atom stereocenters. The summed E-state index contributed by atoms with van der Waals surface area (Å²) in [7, 11) is 0. The van der Waals surface area contributed by atoms with Gasteiger partial charge < -0.3 is 9.47 Å². The Kier molecular flexibility index (Phi) is 1.59.